The van der Waals surface area contributed by atoms with Crippen LogP contribution in [0.5, 0.6) is 0 Å². The molecule has 1 N–H and O–H groups in total. The number of nitrogens with one attached hydrogen (secondary N) is 1. The third kappa shape index (κ3) is 4.11. The number of rotatable bonds is 7. The predicted octanol–water partition coefficient (Wildman–Crippen LogP) is 0.490. The van der Waals surface area contributed by atoms with Gasteiger partial charge in [-0.25, -0.2) is 4.68 Å². The van der Waals surface area contributed by atoms with Gasteiger partial charge in [-0.2, -0.15) is 0 Å². The smallest absolute Gasteiger partial charge is 0.273 e. The number of nitrogens with zero attached hydrogens (tertiary/aromatic N) is 3. The maximum Gasteiger partial charge on any atom is 0.273 e. The fraction of sp³-hybridized carbons (Fsp3) is 0.471. The van der Waals surface area contributed by atoms with Crippen molar-refractivity contribution in [2.45, 2.75) is 19.9 Å². The highest BCUT2D eigenvalue weighted by Crippen LogP contribution is 2.03. The van der Waals surface area contributed by atoms with Crippen LogP contribution in [0.25, 0.3) is 10.8 Å². The zero-order valence-corrected chi connectivity index (χ0v) is 14.4. The van der Waals surface area contributed by atoms with Gasteiger partial charge in [-0.05, 0) is 46.1 Å². The first-order valence-electron chi connectivity index (χ1n) is 8.08. The van der Waals surface area contributed by atoms with Crippen molar-refractivity contribution in [3.63, 3.8) is 0 Å². The lowest BCUT2D eigenvalue weighted by Crippen LogP contribution is -2.40. The Balaban J connectivity index is 2.19. The minimum absolute atomic E-state index is 0.158. The molecule has 0 fully saturated rings. The van der Waals surface area contributed by atoms with Gasteiger partial charge < -0.3 is 9.80 Å². The zero-order chi connectivity index (χ0) is 17.7. The summed E-state index contributed by atoms with van der Waals surface area (Å²) in [7, 11) is 3.97. The van der Waals surface area contributed by atoms with Gasteiger partial charge in [-0.1, -0.05) is 12.1 Å². The van der Waals surface area contributed by atoms with E-state index in [0.29, 0.717) is 23.9 Å². The van der Waals surface area contributed by atoms with E-state index >= 15 is 0 Å². The monoisotopic (exact) mass is 332 g/mol. The molecule has 0 saturated carbocycles. The van der Waals surface area contributed by atoms with E-state index in [1.165, 1.54) is 0 Å². The Bertz CT molecular complexity index is 822. The van der Waals surface area contributed by atoms with E-state index in [-0.39, 0.29) is 23.6 Å². The second kappa shape index (κ2) is 7.92. The maximum atomic E-state index is 12.4. The van der Waals surface area contributed by atoms with Crippen molar-refractivity contribution in [2.75, 3.05) is 33.7 Å². The quantitative estimate of drug-likeness (QED) is 0.800. The Morgan fingerprint density at radius 1 is 1.12 bits per heavy atom. The summed E-state index contributed by atoms with van der Waals surface area (Å²) in [5.74, 6) is -0.177. The minimum atomic E-state index is -0.367. The molecule has 1 heterocycles. The summed E-state index contributed by atoms with van der Waals surface area (Å²) in [5, 5.41) is 3.16. The summed E-state index contributed by atoms with van der Waals surface area (Å²) in [5.41, 5.74) is -0.725. The largest absolute Gasteiger partial charge is 0.341 e. The molecule has 24 heavy (non-hydrogen) atoms. The number of likely N-dealkylation sites (N-methyl/N-ethyl adjacent to an activating group) is 1. The van der Waals surface area contributed by atoms with E-state index in [1.807, 2.05) is 21.0 Å². The molecule has 7 heteroatoms. The Morgan fingerprint density at radius 3 is 2.42 bits per heavy atom. The first-order valence-corrected chi connectivity index (χ1v) is 8.08. The maximum absolute atomic E-state index is 12.4. The molecule has 0 aliphatic carbocycles. The van der Waals surface area contributed by atoms with Crippen LogP contribution in [-0.2, 0) is 11.3 Å². The van der Waals surface area contributed by atoms with Gasteiger partial charge in [0, 0.05) is 13.1 Å². The average Bonchev–Trinajstić information content (AvgIpc) is 2.56. The van der Waals surface area contributed by atoms with E-state index in [1.54, 1.807) is 29.2 Å². The molecule has 130 valence electrons. The van der Waals surface area contributed by atoms with Gasteiger partial charge in [-0.15, -0.1) is 0 Å². The number of hydrogen-bond donors (Lipinski definition) is 1. The summed E-state index contributed by atoms with van der Waals surface area (Å²) in [4.78, 5) is 40.7. The minimum Gasteiger partial charge on any atom is -0.341 e. The zero-order valence-electron chi connectivity index (χ0n) is 14.4. The highest BCUT2D eigenvalue weighted by molar-refractivity contribution is 5.81. The summed E-state index contributed by atoms with van der Waals surface area (Å²) in [6.45, 7) is 3.82. The third-order valence-electron chi connectivity index (χ3n) is 3.94. The van der Waals surface area contributed by atoms with E-state index in [9.17, 15) is 14.4 Å². The summed E-state index contributed by atoms with van der Waals surface area (Å²) >= 11 is 0. The number of aromatic amines is 1. The molecule has 0 bridgehead atoms. The van der Waals surface area contributed by atoms with Gasteiger partial charge in [0.2, 0.25) is 5.91 Å². The molecular weight excluding hydrogens is 308 g/mol. The topological polar surface area (TPSA) is 78.4 Å². The van der Waals surface area contributed by atoms with E-state index in [2.05, 4.69) is 10.00 Å². The Labute approximate surface area is 140 Å². The van der Waals surface area contributed by atoms with Gasteiger partial charge in [0.1, 0.15) is 6.54 Å². The second-order valence-corrected chi connectivity index (χ2v) is 6.01. The van der Waals surface area contributed by atoms with Crippen molar-refractivity contribution in [2.24, 2.45) is 0 Å². The Kier molecular flexibility index (Phi) is 5.92. The first-order chi connectivity index (χ1) is 11.4. The van der Waals surface area contributed by atoms with Crippen LogP contribution < -0.4 is 11.1 Å². The molecule has 0 aliphatic heterocycles. The van der Waals surface area contributed by atoms with Crippen molar-refractivity contribution >= 4 is 16.7 Å². The number of fused-ring (bicyclic) bond motifs is 1. The fourth-order valence-corrected chi connectivity index (χ4v) is 2.63. The molecule has 0 spiro atoms. The molecule has 0 saturated heterocycles. The number of hydrogen-bond acceptors (Lipinski definition) is 4. The van der Waals surface area contributed by atoms with Crippen LogP contribution in [-0.4, -0.2) is 59.2 Å². The van der Waals surface area contributed by atoms with Crippen molar-refractivity contribution in [1.29, 1.82) is 0 Å². The molecule has 0 unspecified atom stereocenters. The molecular formula is C17H24N4O3. The standard InChI is InChI=1S/C17H24N4O3/c1-4-20(11-7-10-19(2)3)15(22)12-21-17(24)14-9-6-5-8-13(14)16(23)18-21/h5-6,8-9H,4,7,10-12H2,1-3H3,(H,18,23). The van der Waals surface area contributed by atoms with Crippen molar-refractivity contribution in [3.05, 3.63) is 45.0 Å². The average molecular weight is 332 g/mol. The molecule has 0 atom stereocenters. The van der Waals surface area contributed by atoms with Gasteiger partial charge in [0.25, 0.3) is 11.1 Å². The Morgan fingerprint density at radius 2 is 1.79 bits per heavy atom. The number of amides is 1. The predicted molar refractivity (Wildman–Crippen MR) is 94.3 cm³/mol. The fourth-order valence-electron chi connectivity index (χ4n) is 2.63. The van der Waals surface area contributed by atoms with Gasteiger partial charge in [0.15, 0.2) is 0 Å². The van der Waals surface area contributed by atoms with Crippen LogP contribution in [0.4, 0.5) is 0 Å². The second-order valence-electron chi connectivity index (χ2n) is 6.01. The lowest BCUT2D eigenvalue weighted by atomic mass is 10.2. The number of benzene rings is 1. The van der Waals surface area contributed by atoms with E-state index in [4.69, 9.17) is 0 Å². The van der Waals surface area contributed by atoms with Crippen LogP contribution in [0.3, 0.4) is 0 Å². The number of carbonyl (C=O) groups excluding carboxylic acids is 1. The van der Waals surface area contributed by atoms with E-state index < -0.39 is 0 Å². The summed E-state index contributed by atoms with van der Waals surface area (Å²) < 4.78 is 1.10. The van der Waals surface area contributed by atoms with Crippen LogP contribution in [0.1, 0.15) is 13.3 Å². The third-order valence-corrected chi connectivity index (χ3v) is 3.94. The number of carbonyl (C=O) groups is 1. The molecule has 1 aromatic heterocycles. The van der Waals surface area contributed by atoms with Crippen LogP contribution in [0.15, 0.2) is 33.9 Å². The highest BCUT2D eigenvalue weighted by Gasteiger charge is 2.15. The lowest BCUT2D eigenvalue weighted by molar-refractivity contribution is -0.132. The van der Waals surface area contributed by atoms with Crippen molar-refractivity contribution < 1.29 is 4.79 Å². The van der Waals surface area contributed by atoms with Gasteiger partial charge >= 0.3 is 0 Å². The molecule has 7 nitrogen and oxygen atoms in total. The van der Waals surface area contributed by atoms with Crippen LogP contribution >= 0.6 is 0 Å². The van der Waals surface area contributed by atoms with Crippen LogP contribution in [0, 0.1) is 0 Å². The lowest BCUT2D eigenvalue weighted by Gasteiger charge is -2.22. The number of H-pyrrole nitrogens is 1. The van der Waals surface area contributed by atoms with Crippen molar-refractivity contribution in [1.82, 2.24) is 19.6 Å². The van der Waals surface area contributed by atoms with Crippen molar-refractivity contribution in [3.8, 4) is 0 Å². The SMILES string of the molecule is CCN(CCCN(C)C)C(=O)Cn1[nH]c(=O)c2ccccc2c1=O. The van der Waals surface area contributed by atoms with Gasteiger partial charge in [-0.3, -0.25) is 19.5 Å². The molecule has 1 amide bonds. The summed E-state index contributed by atoms with van der Waals surface area (Å²) in [6.07, 6.45) is 0.857. The Hall–Kier alpha value is -2.41. The first kappa shape index (κ1) is 17.9. The molecule has 0 radical (unpaired) electrons. The number of aromatic nitrogens is 2. The van der Waals surface area contributed by atoms with Crippen LogP contribution in [0.2, 0.25) is 0 Å². The normalized spacial score (nSPS) is 11.2. The molecule has 2 aromatic rings. The summed E-state index contributed by atoms with van der Waals surface area (Å²) in [6, 6.07) is 6.61. The molecule has 0 aliphatic rings. The molecule has 1 aromatic carbocycles. The highest BCUT2D eigenvalue weighted by atomic mass is 16.2. The van der Waals surface area contributed by atoms with E-state index in [0.717, 1.165) is 17.6 Å². The molecule has 2 rings (SSSR count). The van der Waals surface area contributed by atoms with Gasteiger partial charge in [0.05, 0.1) is 10.8 Å².